The minimum absolute atomic E-state index is 0.0256. The van der Waals surface area contributed by atoms with E-state index in [0.29, 0.717) is 17.9 Å². The third kappa shape index (κ3) is 6.32. The number of amides is 2. The van der Waals surface area contributed by atoms with Crippen LogP contribution in [0.2, 0.25) is 0 Å². The standard InChI is InChI=1S/C38H43F2N7O2/c1-21(2)16-32(48)47-20-38(39,40)18-31(47)36-43-28-14-12-26-17-25(11-13-27(26)34(28)45-36)23-7-9-24(10-8-23)29-19-42-35(44-29)30-6-5-15-46(30)37(49)33(41)22(3)4/h7-14,17,19,21-22,30-31,33H,5-6,15-16,18,20,41H2,1-4H3,(H,42,44)(H,43,45)/t30-,31-,33-/m0/s1. The molecular formula is C38H43F2N7O2. The van der Waals surface area contributed by atoms with Crippen LogP contribution in [0.15, 0.2) is 60.8 Å². The van der Waals surface area contributed by atoms with E-state index in [4.69, 9.17) is 10.7 Å². The number of hydrogen-bond donors (Lipinski definition) is 3. The van der Waals surface area contributed by atoms with E-state index in [1.54, 1.807) is 0 Å². The molecule has 7 rings (SSSR count). The van der Waals surface area contributed by atoms with Crippen molar-refractivity contribution < 1.29 is 18.4 Å². The number of likely N-dealkylation sites (tertiary alicyclic amines) is 2. The summed E-state index contributed by atoms with van der Waals surface area (Å²) in [6, 6.07) is 16.9. The zero-order valence-electron chi connectivity index (χ0n) is 28.3. The van der Waals surface area contributed by atoms with E-state index in [-0.39, 0.29) is 36.1 Å². The summed E-state index contributed by atoms with van der Waals surface area (Å²) in [6.07, 6.45) is 3.36. The van der Waals surface area contributed by atoms with Crippen molar-refractivity contribution >= 4 is 33.6 Å². The highest BCUT2D eigenvalue weighted by molar-refractivity contribution is 6.05. The molecule has 4 heterocycles. The van der Waals surface area contributed by atoms with E-state index in [1.807, 2.05) is 63.1 Å². The van der Waals surface area contributed by atoms with Gasteiger partial charge in [-0.3, -0.25) is 9.59 Å². The Morgan fingerprint density at radius 2 is 1.67 bits per heavy atom. The van der Waals surface area contributed by atoms with Gasteiger partial charge in [0.25, 0.3) is 5.92 Å². The Balaban J connectivity index is 1.11. The number of alkyl halides is 2. The lowest BCUT2D eigenvalue weighted by atomic mass is 9.99. The van der Waals surface area contributed by atoms with Gasteiger partial charge in [-0.2, -0.15) is 0 Å². The molecule has 256 valence electrons. The lowest BCUT2D eigenvalue weighted by Gasteiger charge is -2.27. The molecule has 0 bridgehead atoms. The SMILES string of the molecule is CC(C)CC(=O)N1CC(F)(F)C[C@H]1c1nc2c(ccc3cc(-c4ccc(-c5cnc([C@@H]6CCCN6C(=O)[C@@H](N)C(C)C)[nH]5)cc4)ccc32)[nH]1. The van der Waals surface area contributed by atoms with Crippen molar-refractivity contribution in [1.82, 2.24) is 29.7 Å². The first-order valence-corrected chi connectivity index (χ1v) is 17.2. The molecule has 2 saturated heterocycles. The fourth-order valence-corrected chi connectivity index (χ4v) is 7.23. The van der Waals surface area contributed by atoms with Gasteiger partial charge in [0.05, 0.1) is 47.6 Å². The molecule has 11 heteroatoms. The van der Waals surface area contributed by atoms with Crippen molar-refractivity contribution in [2.75, 3.05) is 13.1 Å². The Bertz CT molecular complexity index is 2020. The molecule has 0 radical (unpaired) electrons. The topological polar surface area (TPSA) is 124 Å². The second-order valence-electron chi connectivity index (χ2n) is 14.4. The maximum absolute atomic E-state index is 14.6. The number of rotatable bonds is 8. The van der Waals surface area contributed by atoms with Gasteiger partial charge in [-0.05, 0) is 58.9 Å². The minimum atomic E-state index is -2.96. The van der Waals surface area contributed by atoms with Gasteiger partial charge in [-0.25, -0.2) is 18.7 Å². The van der Waals surface area contributed by atoms with Gasteiger partial charge in [0.1, 0.15) is 11.6 Å². The second kappa shape index (κ2) is 12.7. The summed E-state index contributed by atoms with van der Waals surface area (Å²) in [7, 11) is 0. The quantitative estimate of drug-likeness (QED) is 0.159. The van der Waals surface area contributed by atoms with Gasteiger partial charge in [0.15, 0.2) is 0 Å². The van der Waals surface area contributed by atoms with Crippen molar-refractivity contribution in [2.45, 2.75) is 77.4 Å². The molecule has 49 heavy (non-hydrogen) atoms. The van der Waals surface area contributed by atoms with E-state index >= 15 is 0 Å². The van der Waals surface area contributed by atoms with Crippen molar-refractivity contribution in [3.8, 4) is 22.4 Å². The van der Waals surface area contributed by atoms with Crippen molar-refractivity contribution in [3.63, 3.8) is 0 Å². The van der Waals surface area contributed by atoms with Crippen molar-refractivity contribution in [1.29, 1.82) is 0 Å². The van der Waals surface area contributed by atoms with E-state index in [2.05, 4.69) is 45.3 Å². The predicted molar refractivity (Wildman–Crippen MR) is 187 cm³/mol. The van der Waals surface area contributed by atoms with Gasteiger partial charge in [-0.1, -0.05) is 70.2 Å². The molecule has 0 aliphatic carbocycles. The molecule has 2 amide bonds. The van der Waals surface area contributed by atoms with Gasteiger partial charge < -0.3 is 25.5 Å². The van der Waals surface area contributed by atoms with Crippen LogP contribution in [-0.2, 0) is 9.59 Å². The normalized spacial score (nSPS) is 19.9. The number of halogens is 2. The summed E-state index contributed by atoms with van der Waals surface area (Å²) in [5.74, 6) is -1.94. The average molecular weight is 668 g/mol. The minimum Gasteiger partial charge on any atom is -0.340 e. The number of imidazole rings is 2. The first-order valence-electron chi connectivity index (χ1n) is 17.2. The third-order valence-corrected chi connectivity index (χ3v) is 9.95. The highest BCUT2D eigenvalue weighted by Crippen LogP contribution is 2.42. The van der Waals surface area contributed by atoms with E-state index in [9.17, 15) is 18.4 Å². The number of benzene rings is 3. The van der Waals surface area contributed by atoms with Crippen LogP contribution in [0.25, 0.3) is 44.2 Å². The summed E-state index contributed by atoms with van der Waals surface area (Å²) in [5.41, 5.74) is 11.6. The zero-order chi connectivity index (χ0) is 34.6. The zero-order valence-corrected chi connectivity index (χ0v) is 28.3. The number of aromatic nitrogens is 4. The molecule has 2 aliphatic rings. The maximum Gasteiger partial charge on any atom is 0.267 e. The average Bonchev–Trinajstić information content (AvgIpc) is 3.88. The van der Waals surface area contributed by atoms with Crippen LogP contribution in [0.4, 0.5) is 8.78 Å². The number of aromatic amines is 2. The summed E-state index contributed by atoms with van der Waals surface area (Å²) < 4.78 is 29.1. The molecule has 0 unspecified atom stereocenters. The molecule has 3 aromatic carbocycles. The van der Waals surface area contributed by atoms with Gasteiger partial charge >= 0.3 is 0 Å². The molecule has 0 saturated carbocycles. The van der Waals surface area contributed by atoms with E-state index < -0.39 is 31.0 Å². The summed E-state index contributed by atoms with van der Waals surface area (Å²) in [5, 5.41) is 1.88. The molecule has 2 fully saturated rings. The molecule has 2 aliphatic heterocycles. The second-order valence-corrected chi connectivity index (χ2v) is 14.4. The number of H-pyrrole nitrogens is 2. The molecule has 5 aromatic rings. The number of nitrogens with zero attached hydrogens (tertiary/aromatic N) is 4. The predicted octanol–water partition coefficient (Wildman–Crippen LogP) is 7.37. The van der Waals surface area contributed by atoms with Crippen LogP contribution < -0.4 is 5.73 Å². The maximum atomic E-state index is 14.6. The number of hydrogen-bond acceptors (Lipinski definition) is 5. The molecule has 3 atom stereocenters. The largest absolute Gasteiger partial charge is 0.340 e. The van der Waals surface area contributed by atoms with Crippen LogP contribution in [0.3, 0.4) is 0 Å². The van der Waals surface area contributed by atoms with E-state index in [0.717, 1.165) is 57.3 Å². The van der Waals surface area contributed by atoms with Crippen molar-refractivity contribution in [3.05, 3.63) is 72.4 Å². The Morgan fingerprint density at radius 3 is 2.41 bits per heavy atom. The molecule has 0 spiro atoms. The van der Waals surface area contributed by atoms with Crippen LogP contribution in [0, 0.1) is 11.8 Å². The number of fused-ring (bicyclic) bond motifs is 3. The Labute approximate surface area is 284 Å². The fourth-order valence-electron chi connectivity index (χ4n) is 7.23. The lowest BCUT2D eigenvalue weighted by molar-refractivity contribution is -0.135. The van der Waals surface area contributed by atoms with Crippen LogP contribution in [-0.4, -0.2) is 66.6 Å². The third-order valence-electron chi connectivity index (χ3n) is 9.95. The Morgan fingerprint density at radius 1 is 0.939 bits per heavy atom. The summed E-state index contributed by atoms with van der Waals surface area (Å²) in [4.78, 5) is 45.2. The van der Waals surface area contributed by atoms with Crippen molar-refractivity contribution in [2.24, 2.45) is 17.6 Å². The van der Waals surface area contributed by atoms with Crippen LogP contribution >= 0.6 is 0 Å². The van der Waals surface area contributed by atoms with Gasteiger partial charge in [0, 0.05) is 24.8 Å². The first kappa shape index (κ1) is 32.9. The molecule has 2 aromatic heterocycles. The summed E-state index contributed by atoms with van der Waals surface area (Å²) >= 11 is 0. The molecule has 4 N–H and O–H groups in total. The fraction of sp³-hybridized carbons (Fsp3) is 0.421. The van der Waals surface area contributed by atoms with Crippen LogP contribution in [0.1, 0.15) is 77.1 Å². The molecule has 9 nitrogen and oxygen atoms in total. The number of carbonyl (C=O) groups is 2. The van der Waals surface area contributed by atoms with E-state index in [1.165, 1.54) is 4.90 Å². The smallest absolute Gasteiger partial charge is 0.267 e. The van der Waals surface area contributed by atoms with Crippen LogP contribution in [0.5, 0.6) is 0 Å². The summed E-state index contributed by atoms with van der Waals surface area (Å²) in [6.45, 7) is 7.85. The first-order chi connectivity index (χ1) is 23.4. The molecular weight excluding hydrogens is 624 g/mol. The highest BCUT2D eigenvalue weighted by atomic mass is 19.3. The Hall–Kier alpha value is -4.64. The number of nitrogens with two attached hydrogens (primary N) is 1. The Kier molecular flexibility index (Phi) is 8.50. The number of nitrogens with one attached hydrogen (secondary N) is 2. The lowest BCUT2D eigenvalue weighted by Crippen LogP contribution is -2.46. The monoisotopic (exact) mass is 667 g/mol. The number of carbonyl (C=O) groups excluding carboxylic acids is 2. The highest BCUT2D eigenvalue weighted by Gasteiger charge is 2.48. The van der Waals surface area contributed by atoms with Gasteiger partial charge in [-0.15, -0.1) is 0 Å². The van der Waals surface area contributed by atoms with Gasteiger partial charge in [0.2, 0.25) is 11.8 Å².